The number of ether oxygens (including phenoxy) is 2. The Morgan fingerprint density at radius 3 is 3.00 bits per heavy atom. The molecule has 1 aromatic heterocycles. The highest BCUT2D eigenvalue weighted by Crippen LogP contribution is 2.11. The summed E-state index contributed by atoms with van der Waals surface area (Å²) in [5.41, 5.74) is 0. The quantitative estimate of drug-likeness (QED) is 0.759. The lowest BCUT2D eigenvalue weighted by atomic mass is 10.3. The lowest BCUT2D eigenvalue weighted by Crippen LogP contribution is -2.37. The lowest BCUT2D eigenvalue weighted by molar-refractivity contribution is 0.0378. The summed E-state index contributed by atoms with van der Waals surface area (Å²) >= 11 is 0. The lowest BCUT2D eigenvalue weighted by Gasteiger charge is -2.26. The highest BCUT2D eigenvalue weighted by Gasteiger charge is 2.09. The zero-order valence-electron chi connectivity index (χ0n) is 11.6. The number of aromatic nitrogens is 1. The van der Waals surface area contributed by atoms with Gasteiger partial charge in [0, 0.05) is 25.7 Å². The molecule has 19 heavy (non-hydrogen) atoms. The second-order valence-corrected chi connectivity index (χ2v) is 4.53. The molecule has 1 N–H and O–H groups in total. The van der Waals surface area contributed by atoms with E-state index in [1.165, 1.54) is 0 Å². The van der Waals surface area contributed by atoms with Gasteiger partial charge in [-0.2, -0.15) is 4.98 Å². The van der Waals surface area contributed by atoms with Crippen LogP contribution in [0.25, 0.3) is 0 Å². The first-order chi connectivity index (χ1) is 9.38. The first-order valence-corrected chi connectivity index (χ1v) is 7.02. The largest absolute Gasteiger partial charge is 0.478 e. The molecule has 0 saturated carbocycles. The fourth-order valence-electron chi connectivity index (χ4n) is 2.09. The Bertz CT molecular complexity index is 367. The second kappa shape index (κ2) is 7.96. The summed E-state index contributed by atoms with van der Waals surface area (Å²) in [4.78, 5) is 6.82. The predicted octanol–water partition coefficient (Wildman–Crippen LogP) is 1.61. The number of rotatable bonds is 7. The number of pyridine rings is 1. The predicted molar refractivity (Wildman–Crippen MR) is 75.8 cm³/mol. The average molecular weight is 265 g/mol. The van der Waals surface area contributed by atoms with Gasteiger partial charge in [-0.1, -0.05) is 6.07 Å². The van der Waals surface area contributed by atoms with Crippen LogP contribution in [0.1, 0.15) is 13.3 Å². The highest BCUT2D eigenvalue weighted by molar-refractivity contribution is 5.36. The van der Waals surface area contributed by atoms with Gasteiger partial charge in [0.2, 0.25) is 5.88 Å². The molecular formula is C14H23N3O2. The van der Waals surface area contributed by atoms with E-state index < -0.39 is 0 Å². The first kappa shape index (κ1) is 14.1. The number of nitrogens with zero attached hydrogens (tertiary/aromatic N) is 2. The normalized spacial score (nSPS) is 16.3. The third kappa shape index (κ3) is 5.04. The topological polar surface area (TPSA) is 46.6 Å². The minimum absolute atomic E-state index is 0.646. The third-order valence-electron chi connectivity index (χ3n) is 3.08. The molecule has 5 nitrogen and oxygen atoms in total. The molecule has 0 bridgehead atoms. The summed E-state index contributed by atoms with van der Waals surface area (Å²) in [5.74, 6) is 1.56. The van der Waals surface area contributed by atoms with Gasteiger partial charge in [0.05, 0.1) is 19.8 Å². The van der Waals surface area contributed by atoms with Crippen molar-refractivity contribution < 1.29 is 9.47 Å². The summed E-state index contributed by atoms with van der Waals surface area (Å²) in [7, 11) is 0. The smallest absolute Gasteiger partial charge is 0.215 e. The fourth-order valence-corrected chi connectivity index (χ4v) is 2.09. The van der Waals surface area contributed by atoms with Crippen molar-refractivity contribution >= 4 is 5.82 Å². The van der Waals surface area contributed by atoms with Crippen molar-refractivity contribution in [1.29, 1.82) is 0 Å². The molecule has 0 spiro atoms. The fraction of sp³-hybridized carbons (Fsp3) is 0.643. The SMILES string of the molecule is CCOc1cccc(NCCCN2CCOCC2)n1. The van der Waals surface area contributed by atoms with E-state index >= 15 is 0 Å². The van der Waals surface area contributed by atoms with Gasteiger partial charge < -0.3 is 14.8 Å². The Morgan fingerprint density at radius 1 is 1.37 bits per heavy atom. The summed E-state index contributed by atoms with van der Waals surface area (Å²) in [6, 6.07) is 5.81. The molecule has 106 valence electrons. The van der Waals surface area contributed by atoms with Crippen molar-refractivity contribution in [1.82, 2.24) is 9.88 Å². The van der Waals surface area contributed by atoms with E-state index in [0.717, 1.165) is 51.6 Å². The van der Waals surface area contributed by atoms with E-state index in [1.807, 2.05) is 25.1 Å². The van der Waals surface area contributed by atoms with Crippen molar-refractivity contribution in [2.75, 3.05) is 51.3 Å². The molecule has 2 rings (SSSR count). The summed E-state index contributed by atoms with van der Waals surface area (Å²) < 4.78 is 10.7. The number of nitrogens with one attached hydrogen (secondary N) is 1. The molecule has 0 atom stereocenters. The zero-order chi connectivity index (χ0) is 13.3. The van der Waals surface area contributed by atoms with Crippen LogP contribution in [0, 0.1) is 0 Å². The van der Waals surface area contributed by atoms with Crippen LogP contribution in [-0.2, 0) is 4.74 Å². The maximum atomic E-state index is 5.37. The standard InChI is InChI=1S/C14H23N3O2/c1-2-19-14-6-3-5-13(16-14)15-7-4-8-17-9-11-18-12-10-17/h3,5-6H,2,4,7-12H2,1H3,(H,15,16). The zero-order valence-corrected chi connectivity index (χ0v) is 11.6. The molecule has 1 aromatic rings. The van der Waals surface area contributed by atoms with E-state index in [1.54, 1.807) is 0 Å². The molecule has 1 saturated heterocycles. The van der Waals surface area contributed by atoms with Crippen LogP contribution in [0.15, 0.2) is 18.2 Å². The van der Waals surface area contributed by atoms with Crippen molar-refractivity contribution in [3.63, 3.8) is 0 Å². The van der Waals surface area contributed by atoms with Gasteiger partial charge in [-0.05, 0) is 26.0 Å². The van der Waals surface area contributed by atoms with Crippen LogP contribution < -0.4 is 10.1 Å². The Balaban J connectivity index is 1.65. The number of hydrogen-bond donors (Lipinski definition) is 1. The minimum atomic E-state index is 0.646. The summed E-state index contributed by atoms with van der Waals surface area (Å²) in [6.07, 6.45) is 1.11. The van der Waals surface area contributed by atoms with Crippen molar-refractivity contribution in [2.24, 2.45) is 0 Å². The van der Waals surface area contributed by atoms with Crippen LogP contribution in [0.4, 0.5) is 5.82 Å². The van der Waals surface area contributed by atoms with Gasteiger partial charge in [-0.25, -0.2) is 0 Å². The van der Waals surface area contributed by atoms with E-state index in [-0.39, 0.29) is 0 Å². The summed E-state index contributed by atoms with van der Waals surface area (Å²) in [5, 5.41) is 3.33. The van der Waals surface area contributed by atoms with Crippen LogP contribution in [0.5, 0.6) is 5.88 Å². The van der Waals surface area contributed by atoms with Gasteiger partial charge in [0.25, 0.3) is 0 Å². The maximum Gasteiger partial charge on any atom is 0.215 e. The molecule has 2 heterocycles. The maximum absolute atomic E-state index is 5.37. The van der Waals surface area contributed by atoms with Crippen molar-refractivity contribution in [2.45, 2.75) is 13.3 Å². The minimum Gasteiger partial charge on any atom is -0.478 e. The van der Waals surface area contributed by atoms with Crippen LogP contribution >= 0.6 is 0 Å². The molecular weight excluding hydrogens is 242 g/mol. The number of anilines is 1. The molecule has 1 fully saturated rings. The third-order valence-corrected chi connectivity index (χ3v) is 3.08. The summed E-state index contributed by atoms with van der Waals surface area (Å²) in [6.45, 7) is 8.49. The van der Waals surface area contributed by atoms with Crippen molar-refractivity contribution in [3.8, 4) is 5.88 Å². The molecule has 0 radical (unpaired) electrons. The van der Waals surface area contributed by atoms with Gasteiger partial charge in [-0.3, -0.25) is 4.90 Å². The van der Waals surface area contributed by atoms with Crippen LogP contribution in [0.3, 0.4) is 0 Å². The van der Waals surface area contributed by atoms with E-state index in [2.05, 4.69) is 15.2 Å². The van der Waals surface area contributed by atoms with Gasteiger partial charge in [0.1, 0.15) is 5.82 Å². The monoisotopic (exact) mass is 265 g/mol. The van der Waals surface area contributed by atoms with E-state index in [9.17, 15) is 0 Å². The molecule has 0 aromatic carbocycles. The Kier molecular flexibility index (Phi) is 5.91. The van der Waals surface area contributed by atoms with Crippen LogP contribution in [0.2, 0.25) is 0 Å². The molecule has 0 amide bonds. The molecule has 5 heteroatoms. The van der Waals surface area contributed by atoms with Gasteiger partial charge in [0.15, 0.2) is 0 Å². The number of hydrogen-bond acceptors (Lipinski definition) is 5. The Hall–Kier alpha value is -1.33. The number of morpholine rings is 1. The van der Waals surface area contributed by atoms with E-state index in [0.29, 0.717) is 12.5 Å². The Morgan fingerprint density at radius 2 is 2.21 bits per heavy atom. The molecule has 0 unspecified atom stereocenters. The van der Waals surface area contributed by atoms with E-state index in [4.69, 9.17) is 9.47 Å². The van der Waals surface area contributed by atoms with Crippen molar-refractivity contribution in [3.05, 3.63) is 18.2 Å². The molecule has 1 aliphatic rings. The average Bonchev–Trinajstić information content (AvgIpc) is 2.46. The molecule has 1 aliphatic heterocycles. The van der Waals surface area contributed by atoms with Crippen LogP contribution in [-0.4, -0.2) is 55.9 Å². The highest BCUT2D eigenvalue weighted by atomic mass is 16.5. The molecule has 0 aliphatic carbocycles. The first-order valence-electron chi connectivity index (χ1n) is 7.02. The Labute approximate surface area is 114 Å². The second-order valence-electron chi connectivity index (χ2n) is 4.53. The van der Waals surface area contributed by atoms with Gasteiger partial charge in [-0.15, -0.1) is 0 Å². The van der Waals surface area contributed by atoms with Gasteiger partial charge >= 0.3 is 0 Å².